The van der Waals surface area contributed by atoms with Crippen LogP contribution in [-0.2, 0) is 9.59 Å². The monoisotopic (exact) mass is 397 g/mol. The molecule has 3 rings (SSSR count). The van der Waals surface area contributed by atoms with Gasteiger partial charge in [-0.15, -0.1) is 0 Å². The van der Waals surface area contributed by atoms with Gasteiger partial charge >= 0.3 is 0 Å². The van der Waals surface area contributed by atoms with Crippen LogP contribution in [0.15, 0.2) is 48.0 Å². The lowest BCUT2D eigenvalue weighted by molar-refractivity contribution is -0.139. The van der Waals surface area contributed by atoms with Crippen molar-refractivity contribution in [2.45, 2.75) is 19.4 Å². The van der Waals surface area contributed by atoms with Crippen molar-refractivity contribution in [3.8, 4) is 17.2 Å². The van der Waals surface area contributed by atoms with Crippen LogP contribution >= 0.6 is 0 Å². The number of aromatic hydroxyl groups is 1. The van der Waals surface area contributed by atoms with Crippen molar-refractivity contribution in [2.24, 2.45) is 0 Å². The van der Waals surface area contributed by atoms with Crippen LogP contribution < -0.4 is 9.47 Å². The number of phenols is 1. The van der Waals surface area contributed by atoms with E-state index in [2.05, 4.69) is 0 Å². The number of carbonyl (C=O) groups excluding carboxylic acids is 2. The molecule has 0 spiro atoms. The van der Waals surface area contributed by atoms with Gasteiger partial charge in [0.15, 0.2) is 0 Å². The van der Waals surface area contributed by atoms with Crippen molar-refractivity contribution in [1.82, 2.24) is 4.90 Å². The second-order valence-corrected chi connectivity index (χ2v) is 6.65. The Morgan fingerprint density at radius 3 is 2.34 bits per heavy atom. The van der Waals surface area contributed by atoms with Gasteiger partial charge in [0.25, 0.3) is 11.7 Å². The minimum absolute atomic E-state index is 0.0161. The smallest absolute Gasteiger partial charge is 0.295 e. The van der Waals surface area contributed by atoms with E-state index in [0.29, 0.717) is 30.0 Å². The minimum Gasteiger partial charge on any atom is -0.508 e. The van der Waals surface area contributed by atoms with Crippen LogP contribution in [0.4, 0.5) is 0 Å². The third-order valence-corrected chi connectivity index (χ3v) is 4.88. The fraction of sp³-hybridized carbons (Fsp3) is 0.273. The molecule has 0 radical (unpaired) electrons. The predicted octanol–water partition coefficient (Wildman–Crippen LogP) is 3.24. The molecule has 29 heavy (non-hydrogen) atoms. The zero-order valence-corrected chi connectivity index (χ0v) is 16.5. The first-order valence-corrected chi connectivity index (χ1v) is 9.22. The molecule has 7 heteroatoms. The number of rotatable bonds is 6. The number of likely N-dealkylation sites (tertiary alicyclic amines) is 1. The Hall–Kier alpha value is -3.48. The van der Waals surface area contributed by atoms with Crippen LogP contribution in [0.1, 0.15) is 30.5 Å². The summed E-state index contributed by atoms with van der Waals surface area (Å²) < 4.78 is 10.5. The number of ketones is 1. The number of methoxy groups -OCH3 is 2. The van der Waals surface area contributed by atoms with Crippen molar-refractivity contribution >= 4 is 17.4 Å². The number of aliphatic hydroxyl groups excluding tert-OH is 1. The molecule has 0 saturated carbocycles. The zero-order valence-electron chi connectivity index (χ0n) is 16.5. The predicted molar refractivity (Wildman–Crippen MR) is 107 cm³/mol. The summed E-state index contributed by atoms with van der Waals surface area (Å²) >= 11 is 0. The number of Topliss-reactive ketones (excluding diaryl/α,β-unsaturated/α-hetero) is 1. The third kappa shape index (κ3) is 3.63. The summed E-state index contributed by atoms with van der Waals surface area (Å²) in [6.07, 6.45) is 0.646. The third-order valence-electron chi connectivity index (χ3n) is 4.88. The van der Waals surface area contributed by atoms with Crippen molar-refractivity contribution in [3.63, 3.8) is 0 Å². The van der Waals surface area contributed by atoms with E-state index in [0.717, 1.165) is 0 Å². The molecule has 7 nitrogen and oxygen atoms in total. The van der Waals surface area contributed by atoms with Crippen LogP contribution in [0.3, 0.4) is 0 Å². The molecule has 0 bridgehead atoms. The largest absolute Gasteiger partial charge is 0.508 e. The number of nitrogens with zero attached hydrogens (tertiary/aromatic N) is 1. The molecule has 1 atom stereocenters. The van der Waals surface area contributed by atoms with Gasteiger partial charge < -0.3 is 24.6 Å². The van der Waals surface area contributed by atoms with E-state index in [9.17, 15) is 19.8 Å². The van der Waals surface area contributed by atoms with Crippen LogP contribution in [0.25, 0.3) is 5.76 Å². The van der Waals surface area contributed by atoms with E-state index < -0.39 is 17.7 Å². The average molecular weight is 397 g/mol. The molecule has 1 aliphatic rings. The second kappa shape index (κ2) is 8.26. The number of ether oxygens (including phenoxy) is 2. The minimum atomic E-state index is -0.762. The van der Waals surface area contributed by atoms with Crippen LogP contribution in [0.5, 0.6) is 17.2 Å². The maximum atomic E-state index is 12.9. The van der Waals surface area contributed by atoms with Gasteiger partial charge in [0.2, 0.25) is 0 Å². The Labute approximate surface area is 168 Å². The van der Waals surface area contributed by atoms with E-state index >= 15 is 0 Å². The lowest BCUT2D eigenvalue weighted by Crippen LogP contribution is -2.30. The van der Waals surface area contributed by atoms with Crippen molar-refractivity contribution in [1.29, 1.82) is 0 Å². The van der Waals surface area contributed by atoms with Crippen LogP contribution in [0.2, 0.25) is 0 Å². The van der Waals surface area contributed by atoms with E-state index in [1.165, 1.54) is 31.3 Å². The Morgan fingerprint density at radius 1 is 1.07 bits per heavy atom. The van der Waals surface area contributed by atoms with Gasteiger partial charge in [0.05, 0.1) is 31.4 Å². The highest BCUT2D eigenvalue weighted by atomic mass is 16.5. The van der Waals surface area contributed by atoms with Gasteiger partial charge in [-0.05, 0) is 36.2 Å². The summed E-state index contributed by atoms with van der Waals surface area (Å²) in [5.41, 5.74) is 0.883. The van der Waals surface area contributed by atoms with E-state index in [-0.39, 0.29) is 22.6 Å². The van der Waals surface area contributed by atoms with Gasteiger partial charge in [-0.1, -0.05) is 19.1 Å². The molecule has 2 aromatic rings. The van der Waals surface area contributed by atoms with Gasteiger partial charge in [0.1, 0.15) is 23.0 Å². The fourth-order valence-electron chi connectivity index (χ4n) is 3.49. The summed E-state index contributed by atoms with van der Waals surface area (Å²) in [7, 11) is 2.95. The number of carbonyl (C=O) groups is 2. The van der Waals surface area contributed by atoms with Crippen molar-refractivity contribution in [2.75, 3.05) is 20.8 Å². The summed E-state index contributed by atoms with van der Waals surface area (Å²) in [4.78, 5) is 27.0. The van der Waals surface area contributed by atoms with Gasteiger partial charge in [-0.25, -0.2) is 0 Å². The van der Waals surface area contributed by atoms with Crippen LogP contribution in [0, 0.1) is 0 Å². The zero-order chi connectivity index (χ0) is 21.1. The van der Waals surface area contributed by atoms with Crippen molar-refractivity contribution < 1.29 is 29.3 Å². The molecule has 1 aliphatic heterocycles. The topological polar surface area (TPSA) is 96.3 Å². The van der Waals surface area contributed by atoms with E-state index in [1.807, 2.05) is 6.92 Å². The first kappa shape index (κ1) is 20.3. The lowest BCUT2D eigenvalue weighted by Gasteiger charge is -2.25. The molecule has 1 amide bonds. The Balaban J connectivity index is 2.21. The summed E-state index contributed by atoms with van der Waals surface area (Å²) in [5.74, 6) is -0.837. The number of hydrogen-bond donors (Lipinski definition) is 2. The van der Waals surface area contributed by atoms with Gasteiger partial charge in [0, 0.05) is 12.6 Å². The maximum Gasteiger partial charge on any atom is 0.295 e. The average Bonchev–Trinajstić information content (AvgIpc) is 2.98. The Kier molecular flexibility index (Phi) is 5.77. The number of benzene rings is 2. The molecular weight excluding hydrogens is 374 g/mol. The van der Waals surface area contributed by atoms with Crippen LogP contribution in [-0.4, -0.2) is 47.6 Å². The summed E-state index contributed by atoms with van der Waals surface area (Å²) in [6, 6.07) is 10.3. The lowest BCUT2D eigenvalue weighted by atomic mass is 9.95. The molecule has 1 unspecified atom stereocenters. The van der Waals surface area contributed by atoms with E-state index in [4.69, 9.17) is 9.47 Å². The quantitative estimate of drug-likeness (QED) is 0.441. The Morgan fingerprint density at radius 2 is 1.76 bits per heavy atom. The van der Waals surface area contributed by atoms with Gasteiger partial charge in [-0.3, -0.25) is 9.59 Å². The normalized spacial score (nSPS) is 18.2. The first-order chi connectivity index (χ1) is 13.9. The summed E-state index contributed by atoms with van der Waals surface area (Å²) in [5, 5.41) is 20.7. The number of amides is 1. The molecular formula is C22H23NO6. The highest BCUT2D eigenvalue weighted by Crippen LogP contribution is 2.41. The number of hydrogen-bond acceptors (Lipinski definition) is 6. The summed E-state index contributed by atoms with van der Waals surface area (Å²) in [6.45, 7) is 2.26. The molecule has 0 aliphatic carbocycles. The molecule has 1 heterocycles. The molecule has 1 saturated heterocycles. The molecule has 0 aromatic heterocycles. The van der Waals surface area contributed by atoms with Gasteiger partial charge in [-0.2, -0.15) is 0 Å². The Bertz CT molecular complexity index is 964. The standard InChI is InChI=1S/C22H23NO6/c1-4-11-23-19(13-5-7-14(24)8-6-13)18(21(26)22(23)27)20(25)16-10-9-15(28-2)12-17(16)29-3/h5-10,12,19,24-25H,4,11H2,1-3H3/b20-18-. The molecule has 152 valence electrons. The fourth-order valence-corrected chi connectivity index (χ4v) is 3.49. The number of aliphatic hydroxyl groups is 1. The second-order valence-electron chi connectivity index (χ2n) is 6.65. The molecule has 2 aromatic carbocycles. The van der Waals surface area contributed by atoms with Crippen molar-refractivity contribution in [3.05, 3.63) is 59.2 Å². The first-order valence-electron chi connectivity index (χ1n) is 9.22. The SMILES string of the molecule is CCCN1C(=O)C(=O)/C(=C(\O)c2ccc(OC)cc2OC)C1c1ccc(O)cc1. The maximum absolute atomic E-state index is 12.9. The highest BCUT2D eigenvalue weighted by Gasteiger charge is 2.45. The highest BCUT2D eigenvalue weighted by molar-refractivity contribution is 6.46. The molecule has 1 fully saturated rings. The number of phenolic OH excluding ortho intramolecular Hbond substituents is 1. The van der Waals surface area contributed by atoms with E-state index in [1.54, 1.807) is 30.3 Å². The molecule has 2 N–H and O–H groups in total.